The van der Waals surface area contributed by atoms with Gasteiger partial charge in [-0.15, -0.1) is 0 Å². The van der Waals surface area contributed by atoms with Crippen molar-refractivity contribution in [3.8, 4) is 0 Å². The lowest BCUT2D eigenvalue weighted by Crippen LogP contribution is -2.31. The Morgan fingerprint density at radius 1 is 1.09 bits per heavy atom. The Hall–Kier alpha value is -2.35. The summed E-state index contributed by atoms with van der Waals surface area (Å²) in [6.45, 7) is 0. The standard InChI is InChI=1S/C15H11F3N2O2S/c16-15(17,18)11-6-7-13(19-8-11)23-9-12(21)20-14(22)10-4-2-1-3-5-10/h1-8H,9H2,(H,20,21,22). The number of alkyl halides is 3. The van der Waals surface area contributed by atoms with Crippen molar-refractivity contribution in [2.75, 3.05) is 5.75 Å². The van der Waals surface area contributed by atoms with Crippen LogP contribution in [0.3, 0.4) is 0 Å². The average Bonchev–Trinajstić information content (AvgIpc) is 2.53. The van der Waals surface area contributed by atoms with Crippen LogP contribution in [0.1, 0.15) is 15.9 Å². The van der Waals surface area contributed by atoms with Crippen molar-refractivity contribution in [1.29, 1.82) is 0 Å². The van der Waals surface area contributed by atoms with Crippen molar-refractivity contribution < 1.29 is 22.8 Å². The fraction of sp³-hybridized carbons (Fsp3) is 0.133. The Bertz CT molecular complexity index is 688. The molecule has 1 aromatic carbocycles. The van der Waals surface area contributed by atoms with E-state index in [4.69, 9.17) is 0 Å². The topological polar surface area (TPSA) is 59.1 Å². The van der Waals surface area contributed by atoms with E-state index in [1.165, 1.54) is 6.07 Å². The predicted molar refractivity (Wildman–Crippen MR) is 78.9 cm³/mol. The third kappa shape index (κ3) is 5.10. The molecule has 1 aromatic heterocycles. The number of thioether (sulfide) groups is 1. The summed E-state index contributed by atoms with van der Waals surface area (Å²) in [7, 11) is 0. The third-order valence-electron chi connectivity index (χ3n) is 2.70. The van der Waals surface area contributed by atoms with E-state index in [-0.39, 0.29) is 10.8 Å². The molecule has 120 valence electrons. The number of nitrogens with one attached hydrogen (secondary N) is 1. The summed E-state index contributed by atoms with van der Waals surface area (Å²) < 4.78 is 37.2. The van der Waals surface area contributed by atoms with Gasteiger partial charge >= 0.3 is 6.18 Å². The first-order chi connectivity index (χ1) is 10.9. The van der Waals surface area contributed by atoms with Crippen LogP contribution in [0.4, 0.5) is 13.2 Å². The highest BCUT2D eigenvalue weighted by Crippen LogP contribution is 2.29. The molecule has 2 amide bonds. The monoisotopic (exact) mass is 340 g/mol. The summed E-state index contributed by atoms with van der Waals surface area (Å²) in [5.74, 6) is -1.21. The smallest absolute Gasteiger partial charge is 0.292 e. The van der Waals surface area contributed by atoms with Gasteiger partial charge in [-0.2, -0.15) is 13.2 Å². The number of pyridine rings is 1. The van der Waals surface area contributed by atoms with Crippen molar-refractivity contribution in [2.45, 2.75) is 11.2 Å². The van der Waals surface area contributed by atoms with Crippen molar-refractivity contribution in [1.82, 2.24) is 10.3 Å². The van der Waals surface area contributed by atoms with E-state index in [1.807, 2.05) is 0 Å². The van der Waals surface area contributed by atoms with E-state index >= 15 is 0 Å². The summed E-state index contributed by atoms with van der Waals surface area (Å²) in [5.41, 5.74) is -0.510. The first-order valence-corrected chi connectivity index (χ1v) is 7.40. The SMILES string of the molecule is O=C(CSc1ccc(C(F)(F)F)cn1)NC(=O)c1ccccc1. The maximum Gasteiger partial charge on any atom is 0.417 e. The summed E-state index contributed by atoms with van der Waals surface area (Å²) in [5, 5.41) is 2.46. The Kier molecular flexibility index (Phi) is 5.38. The van der Waals surface area contributed by atoms with Gasteiger partial charge in [0.2, 0.25) is 5.91 Å². The number of benzene rings is 1. The number of rotatable bonds is 4. The Balaban J connectivity index is 1.86. The number of aromatic nitrogens is 1. The Labute approximate surface area is 134 Å². The Morgan fingerprint density at radius 2 is 1.78 bits per heavy atom. The number of carbonyl (C=O) groups is 2. The molecule has 2 aromatic rings. The maximum atomic E-state index is 12.4. The fourth-order valence-electron chi connectivity index (χ4n) is 1.60. The van der Waals surface area contributed by atoms with E-state index in [0.717, 1.165) is 17.8 Å². The third-order valence-corrected chi connectivity index (χ3v) is 3.65. The number of hydrogen-bond acceptors (Lipinski definition) is 4. The largest absolute Gasteiger partial charge is 0.417 e. The van der Waals surface area contributed by atoms with Gasteiger partial charge in [0.05, 0.1) is 16.3 Å². The van der Waals surface area contributed by atoms with Crippen LogP contribution < -0.4 is 5.32 Å². The van der Waals surface area contributed by atoms with Gasteiger partial charge in [-0.25, -0.2) is 4.98 Å². The molecule has 1 N–H and O–H groups in total. The lowest BCUT2D eigenvalue weighted by Gasteiger charge is -2.07. The minimum atomic E-state index is -4.45. The number of halogens is 3. The van der Waals surface area contributed by atoms with E-state index in [2.05, 4.69) is 10.3 Å². The van der Waals surface area contributed by atoms with Crippen LogP contribution >= 0.6 is 11.8 Å². The van der Waals surface area contributed by atoms with Crippen LogP contribution in [0.5, 0.6) is 0 Å². The second kappa shape index (κ2) is 7.28. The molecular formula is C15H11F3N2O2S. The first-order valence-electron chi connectivity index (χ1n) is 6.41. The van der Waals surface area contributed by atoms with Gasteiger partial charge in [0.1, 0.15) is 0 Å². The number of carbonyl (C=O) groups excluding carboxylic acids is 2. The van der Waals surface area contributed by atoms with Crippen LogP contribution in [0, 0.1) is 0 Å². The molecule has 0 atom stereocenters. The minimum Gasteiger partial charge on any atom is -0.292 e. The zero-order chi connectivity index (χ0) is 16.9. The van der Waals surface area contributed by atoms with E-state index in [1.54, 1.807) is 30.3 Å². The van der Waals surface area contributed by atoms with Gasteiger partial charge in [0.25, 0.3) is 5.91 Å². The number of amides is 2. The highest BCUT2D eigenvalue weighted by molar-refractivity contribution is 7.99. The first kappa shape index (κ1) is 17.0. The molecule has 0 saturated carbocycles. The van der Waals surface area contributed by atoms with Gasteiger partial charge in [0.15, 0.2) is 0 Å². The maximum absolute atomic E-state index is 12.4. The summed E-state index contributed by atoms with van der Waals surface area (Å²) in [4.78, 5) is 27.0. The van der Waals surface area contributed by atoms with Crippen LogP contribution in [-0.4, -0.2) is 22.6 Å². The Morgan fingerprint density at radius 3 is 2.35 bits per heavy atom. The quantitative estimate of drug-likeness (QED) is 0.869. The molecule has 8 heteroatoms. The molecule has 0 saturated heterocycles. The molecule has 1 heterocycles. The molecule has 0 aliphatic carbocycles. The van der Waals surface area contributed by atoms with Crippen LogP contribution in [0.15, 0.2) is 53.7 Å². The van der Waals surface area contributed by atoms with E-state index in [0.29, 0.717) is 11.8 Å². The molecule has 4 nitrogen and oxygen atoms in total. The highest BCUT2D eigenvalue weighted by atomic mass is 32.2. The van der Waals surface area contributed by atoms with Gasteiger partial charge in [-0.05, 0) is 24.3 Å². The molecule has 0 aliphatic heterocycles. The normalized spacial score (nSPS) is 11.1. The molecule has 0 fully saturated rings. The molecule has 2 rings (SSSR count). The van der Waals surface area contributed by atoms with Crippen LogP contribution in [0.25, 0.3) is 0 Å². The molecule has 0 aliphatic rings. The van der Waals surface area contributed by atoms with Crippen molar-refractivity contribution in [3.05, 3.63) is 59.8 Å². The predicted octanol–water partition coefficient (Wildman–Crippen LogP) is 3.15. The van der Waals surface area contributed by atoms with Crippen molar-refractivity contribution in [3.63, 3.8) is 0 Å². The lowest BCUT2D eigenvalue weighted by atomic mass is 10.2. The average molecular weight is 340 g/mol. The highest BCUT2D eigenvalue weighted by Gasteiger charge is 2.30. The summed E-state index contributed by atoms with van der Waals surface area (Å²) in [6, 6.07) is 10.3. The number of imide groups is 1. The van der Waals surface area contributed by atoms with Gasteiger partial charge in [-0.3, -0.25) is 14.9 Å². The molecule has 0 unspecified atom stereocenters. The van der Waals surface area contributed by atoms with Crippen LogP contribution in [0.2, 0.25) is 0 Å². The second-order valence-corrected chi connectivity index (χ2v) is 5.41. The van der Waals surface area contributed by atoms with Crippen LogP contribution in [-0.2, 0) is 11.0 Å². The van der Waals surface area contributed by atoms with Gasteiger partial charge in [0, 0.05) is 11.8 Å². The van der Waals surface area contributed by atoms with E-state index in [9.17, 15) is 22.8 Å². The molecular weight excluding hydrogens is 329 g/mol. The number of hydrogen-bond donors (Lipinski definition) is 1. The van der Waals surface area contributed by atoms with Gasteiger partial charge < -0.3 is 0 Å². The summed E-state index contributed by atoms with van der Waals surface area (Å²) in [6.07, 6.45) is -3.75. The second-order valence-electron chi connectivity index (χ2n) is 4.41. The summed E-state index contributed by atoms with van der Waals surface area (Å²) >= 11 is 0.942. The lowest BCUT2D eigenvalue weighted by molar-refractivity contribution is -0.137. The number of nitrogens with zero attached hydrogens (tertiary/aromatic N) is 1. The molecule has 0 bridgehead atoms. The van der Waals surface area contributed by atoms with Crippen molar-refractivity contribution in [2.24, 2.45) is 0 Å². The van der Waals surface area contributed by atoms with Gasteiger partial charge in [-0.1, -0.05) is 30.0 Å². The zero-order valence-electron chi connectivity index (χ0n) is 11.6. The minimum absolute atomic E-state index is 0.128. The molecule has 23 heavy (non-hydrogen) atoms. The van der Waals surface area contributed by atoms with Crippen molar-refractivity contribution >= 4 is 23.6 Å². The fourth-order valence-corrected chi connectivity index (χ4v) is 2.24. The molecule has 0 spiro atoms. The van der Waals surface area contributed by atoms with E-state index < -0.39 is 23.6 Å². The zero-order valence-corrected chi connectivity index (χ0v) is 12.4. The molecule has 0 radical (unpaired) electrons.